The number of methoxy groups -OCH3 is 1. The number of carbonyl (C=O) groups is 2. The summed E-state index contributed by atoms with van der Waals surface area (Å²) in [6.07, 6.45) is 0.746. The lowest BCUT2D eigenvalue weighted by Crippen LogP contribution is -2.54. The molecule has 20 heavy (non-hydrogen) atoms. The summed E-state index contributed by atoms with van der Waals surface area (Å²) in [4.78, 5) is 27.2. The van der Waals surface area contributed by atoms with E-state index >= 15 is 0 Å². The number of hydrogen-bond acceptors (Lipinski definition) is 4. The smallest absolute Gasteiger partial charge is 0.327 e. The van der Waals surface area contributed by atoms with E-state index in [1.54, 1.807) is 12.0 Å². The number of carboxylic acid groups (broad SMARTS) is 1. The molecular weight excluding hydrogens is 280 g/mol. The number of urea groups is 1. The van der Waals surface area contributed by atoms with Crippen molar-refractivity contribution >= 4 is 23.8 Å². The van der Waals surface area contributed by atoms with Crippen LogP contribution in [0.15, 0.2) is 0 Å². The minimum Gasteiger partial charge on any atom is -0.480 e. The van der Waals surface area contributed by atoms with Gasteiger partial charge in [-0.3, -0.25) is 4.90 Å². The zero-order chi connectivity index (χ0) is 15.3. The number of carbonyl (C=O) groups excluding carboxylic acids is 1. The number of carboxylic acids is 1. The van der Waals surface area contributed by atoms with Crippen molar-refractivity contribution in [3.8, 4) is 0 Å². The highest BCUT2D eigenvalue weighted by molar-refractivity contribution is 8.00. The average Bonchev–Trinajstić information content (AvgIpc) is 2.82. The van der Waals surface area contributed by atoms with Gasteiger partial charge in [-0.2, -0.15) is 0 Å². The molecule has 6 nitrogen and oxygen atoms in total. The van der Waals surface area contributed by atoms with Crippen LogP contribution in [0.25, 0.3) is 0 Å². The molecule has 1 aliphatic heterocycles. The summed E-state index contributed by atoms with van der Waals surface area (Å²) in [6, 6.07) is -0.933. The van der Waals surface area contributed by atoms with Gasteiger partial charge in [0.1, 0.15) is 6.04 Å². The van der Waals surface area contributed by atoms with Gasteiger partial charge in [0.2, 0.25) is 0 Å². The first-order valence-corrected chi connectivity index (χ1v) is 7.91. The molecule has 7 heteroatoms. The number of aliphatic carboxylic acids is 1. The third kappa shape index (κ3) is 3.79. The Hall–Kier alpha value is -0.950. The third-order valence-corrected chi connectivity index (χ3v) is 4.81. The molecule has 1 N–H and O–H groups in total. The van der Waals surface area contributed by atoms with Gasteiger partial charge in [-0.15, -0.1) is 11.8 Å². The van der Waals surface area contributed by atoms with Crippen molar-refractivity contribution in [2.24, 2.45) is 0 Å². The summed E-state index contributed by atoms with van der Waals surface area (Å²) in [5, 5.41) is 9.23. The van der Waals surface area contributed by atoms with Crippen molar-refractivity contribution in [3.63, 3.8) is 0 Å². The highest BCUT2D eigenvalue weighted by atomic mass is 32.2. The summed E-state index contributed by atoms with van der Waals surface area (Å²) in [5.41, 5.74) is 0. The minimum absolute atomic E-state index is 0.00945. The van der Waals surface area contributed by atoms with E-state index in [-0.39, 0.29) is 17.4 Å². The molecule has 2 amide bonds. The van der Waals surface area contributed by atoms with Crippen LogP contribution in [0.1, 0.15) is 27.2 Å². The van der Waals surface area contributed by atoms with E-state index in [0.717, 1.165) is 6.42 Å². The second-order valence-corrected chi connectivity index (χ2v) is 6.23. The maximum Gasteiger partial charge on any atom is 0.327 e. The lowest BCUT2D eigenvalue weighted by atomic mass is 10.2. The average molecular weight is 304 g/mol. The van der Waals surface area contributed by atoms with E-state index in [1.807, 2.05) is 20.8 Å². The van der Waals surface area contributed by atoms with Gasteiger partial charge < -0.3 is 14.7 Å². The van der Waals surface area contributed by atoms with E-state index in [4.69, 9.17) is 4.74 Å². The number of amides is 2. The fraction of sp³-hybridized carbons (Fsp3) is 0.846. The predicted octanol–water partition coefficient (Wildman–Crippen LogP) is 1.70. The quantitative estimate of drug-likeness (QED) is 0.809. The van der Waals surface area contributed by atoms with E-state index in [2.05, 4.69) is 0 Å². The van der Waals surface area contributed by atoms with Crippen LogP contribution < -0.4 is 0 Å². The summed E-state index contributed by atoms with van der Waals surface area (Å²) in [5.74, 6) is -0.479. The van der Waals surface area contributed by atoms with Gasteiger partial charge in [0.15, 0.2) is 0 Å². The van der Waals surface area contributed by atoms with Crippen LogP contribution in [0, 0.1) is 0 Å². The first-order chi connectivity index (χ1) is 9.43. The van der Waals surface area contributed by atoms with Crippen molar-refractivity contribution in [1.29, 1.82) is 0 Å². The Labute approximate surface area is 124 Å². The third-order valence-electron chi connectivity index (χ3n) is 3.35. The fourth-order valence-electron chi connectivity index (χ4n) is 2.24. The predicted molar refractivity (Wildman–Crippen MR) is 78.9 cm³/mol. The molecule has 0 aromatic carbocycles. The molecule has 0 bridgehead atoms. The second-order valence-electron chi connectivity index (χ2n) is 5.02. The second kappa shape index (κ2) is 7.73. The Bertz CT molecular complexity index is 351. The Kier molecular flexibility index (Phi) is 6.61. The van der Waals surface area contributed by atoms with Gasteiger partial charge >= 0.3 is 12.0 Å². The number of ether oxygens (including phenoxy) is 1. The van der Waals surface area contributed by atoms with Crippen LogP contribution in [0.2, 0.25) is 0 Å². The zero-order valence-electron chi connectivity index (χ0n) is 12.5. The number of nitrogens with zero attached hydrogens (tertiary/aromatic N) is 2. The molecule has 0 saturated carbocycles. The Morgan fingerprint density at radius 1 is 1.50 bits per heavy atom. The summed E-state index contributed by atoms with van der Waals surface area (Å²) < 4.78 is 5.03. The normalized spacial score (nSPS) is 22.4. The van der Waals surface area contributed by atoms with E-state index in [1.165, 1.54) is 16.7 Å². The molecule has 0 aliphatic carbocycles. The van der Waals surface area contributed by atoms with E-state index in [9.17, 15) is 14.7 Å². The Morgan fingerprint density at radius 3 is 2.60 bits per heavy atom. The van der Waals surface area contributed by atoms with Gasteiger partial charge in [-0.25, -0.2) is 9.59 Å². The van der Waals surface area contributed by atoms with Gasteiger partial charge in [0.05, 0.1) is 12.0 Å². The van der Waals surface area contributed by atoms with Crippen molar-refractivity contribution < 1.29 is 19.4 Å². The zero-order valence-corrected chi connectivity index (χ0v) is 13.4. The topological polar surface area (TPSA) is 70.1 Å². The maximum atomic E-state index is 12.7. The highest BCUT2D eigenvalue weighted by Gasteiger charge is 2.42. The number of hydrogen-bond donors (Lipinski definition) is 1. The van der Waals surface area contributed by atoms with Gasteiger partial charge in [-0.05, 0) is 20.3 Å². The number of thioether (sulfide) groups is 1. The Balaban J connectivity index is 2.90. The van der Waals surface area contributed by atoms with Gasteiger partial charge in [0.25, 0.3) is 0 Å². The summed E-state index contributed by atoms with van der Waals surface area (Å²) in [6.45, 7) is 6.73. The molecule has 1 saturated heterocycles. The summed E-state index contributed by atoms with van der Waals surface area (Å²) in [7, 11) is 1.59. The van der Waals surface area contributed by atoms with E-state index in [0.29, 0.717) is 18.9 Å². The molecular formula is C13H24N2O4S. The van der Waals surface area contributed by atoms with Crippen molar-refractivity contribution in [2.75, 3.05) is 26.0 Å². The molecule has 0 aromatic rings. The number of rotatable bonds is 6. The van der Waals surface area contributed by atoms with Crippen LogP contribution in [0.5, 0.6) is 0 Å². The molecule has 1 rings (SSSR count). The molecule has 2 atom stereocenters. The fourth-order valence-corrected chi connectivity index (χ4v) is 3.58. The molecule has 116 valence electrons. The van der Waals surface area contributed by atoms with Crippen molar-refractivity contribution in [2.45, 2.75) is 44.6 Å². The molecule has 0 aromatic heterocycles. The first kappa shape index (κ1) is 17.1. The minimum atomic E-state index is -0.933. The van der Waals surface area contributed by atoms with Crippen molar-refractivity contribution in [3.05, 3.63) is 0 Å². The van der Waals surface area contributed by atoms with Crippen LogP contribution in [-0.4, -0.2) is 70.4 Å². The molecule has 0 radical (unpaired) electrons. The van der Waals surface area contributed by atoms with Gasteiger partial charge in [0, 0.05) is 25.4 Å². The largest absolute Gasteiger partial charge is 0.480 e. The molecule has 1 aliphatic rings. The lowest BCUT2D eigenvalue weighted by molar-refractivity contribution is -0.141. The Morgan fingerprint density at radius 2 is 2.15 bits per heavy atom. The van der Waals surface area contributed by atoms with Crippen LogP contribution in [0.3, 0.4) is 0 Å². The monoisotopic (exact) mass is 304 g/mol. The van der Waals surface area contributed by atoms with Crippen LogP contribution in [-0.2, 0) is 9.53 Å². The van der Waals surface area contributed by atoms with Crippen LogP contribution in [0.4, 0.5) is 4.79 Å². The molecule has 0 spiro atoms. The van der Waals surface area contributed by atoms with E-state index < -0.39 is 12.0 Å². The SMILES string of the molecule is CCC1SCC(C(=O)O)N1C(=O)N(CCOC)C(C)C. The van der Waals surface area contributed by atoms with Gasteiger partial charge in [-0.1, -0.05) is 6.92 Å². The summed E-state index contributed by atoms with van der Waals surface area (Å²) >= 11 is 1.53. The standard InChI is InChI=1S/C13H24N2O4S/c1-5-11-15(10(8-20-11)12(16)17)13(18)14(9(2)3)6-7-19-4/h9-11H,5-8H2,1-4H3,(H,16,17). The first-order valence-electron chi connectivity index (χ1n) is 6.86. The molecule has 1 fully saturated rings. The maximum absolute atomic E-state index is 12.7. The lowest BCUT2D eigenvalue weighted by Gasteiger charge is -2.35. The molecule has 2 unspecified atom stereocenters. The van der Waals surface area contributed by atoms with Crippen LogP contribution >= 0.6 is 11.8 Å². The van der Waals surface area contributed by atoms with Crippen molar-refractivity contribution in [1.82, 2.24) is 9.80 Å². The molecule has 1 heterocycles. The highest BCUT2D eigenvalue weighted by Crippen LogP contribution is 2.32.